The van der Waals surface area contributed by atoms with Gasteiger partial charge in [0, 0.05) is 12.6 Å². The monoisotopic (exact) mass is 261 g/mol. The molecule has 0 fully saturated rings. The van der Waals surface area contributed by atoms with Crippen molar-refractivity contribution < 1.29 is 14.5 Å². The van der Waals surface area contributed by atoms with Gasteiger partial charge in [0.1, 0.15) is 5.56 Å². The summed E-state index contributed by atoms with van der Waals surface area (Å²) in [6.45, 7) is 3.73. The van der Waals surface area contributed by atoms with Gasteiger partial charge in [-0.2, -0.15) is 0 Å². The molecule has 1 aliphatic heterocycles. The fourth-order valence-corrected chi connectivity index (χ4v) is 1.90. The first-order valence-electron chi connectivity index (χ1n) is 5.47. The molecule has 0 atom stereocenters. The number of nitro groups is 1. The molecule has 0 aromatic heterocycles. The molecule has 2 rings (SSSR count). The zero-order valence-electron chi connectivity index (χ0n) is 9.96. The summed E-state index contributed by atoms with van der Waals surface area (Å²) < 4.78 is 0. The van der Waals surface area contributed by atoms with E-state index in [1.165, 1.54) is 18.2 Å². The number of hydrogen-bond acceptors (Lipinski definition) is 5. The van der Waals surface area contributed by atoms with E-state index in [9.17, 15) is 19.7 Å². The van der Waals surface area contributed by atoms with Crippen LogP contribution in [-0.2, 0) is 0 Å². The molecule has 0 spiro atoms. The van der Waals surface area contributed by atoms with Gasteiger partial charge in [-0.1, -0.05) is 12.6 Å². The summed E-state index contributed by atoms with van der Waals surface area (Å²) in [5.41, 5.74) is 5.38. The molecule has 1 heterocycles. The molecule has 0 aliphatic carbocycles. The van der Waals surface area contributed by atoms with Crippen molar-refractivity contribution in [2.45, 2.75) is 0 Å². The lowest BCUT2D eigenvalue weighted by Gasteiger charge is -2.14. The minimum absolute atomic E-state index is 0.0278. The van der Waals surface area contributed by atoms with E-state index in [1.54, 1.807) is 0 Å². The van der Waals surface area contributed by atoms with E-state index in [4.69, 9.17) is 5.73 Å². The van der Waals surface area contributed by atoms with Gasteiger partial charge in [0.05, 0.1) is 17.0 Å². The van der Waals surface area contributed by atoms with Crippen molar-refractivity contribution >= 4 is 17.5 Å². The number of hydrogen-bond donors (Lipinski definition) is 1. The summed E-state index contributed by atoms with van der Waals surface area (Å²) in [5, 5.41) is 10.9. The van der Waals surface area contributed by atoms with Crippen LogP contribution in [0.25, 0.3) is 0 Å². The highest BCUT2D eigenvalue weighted by Crippen LogP contribution is 2.30. The van der Waals surface area contributed by atoms with Crippen molar-refractivity contribution in [1.82, 2.24) is 4.90 Å². The van der Waals surface area contributed by atoms with Gasteiger partial charge in [-0.15, -0.1) is 0 Å². The quantitative estimate of drug-likeness (QED) is 0.371. The van der Waals surface area contributed by atoms with Crippen LogP contribution in [0.15, 0.2) is 30.4 Å². The fraction of sp³-hybridized carbons (Fsp3) is 0.167. The Morgan fingerprint density at radius 3 is 2.63 bits per heavy atom. The van der Waals surface area contributed by atoms with Crippen molar-refractivity contribution in [2.75, 3.05) is 13.1 Å². The number of carbonyl (C=O) groups excluding carboxylic acids is 2. The van der Waals surface area contributed by atoms with E-state index in [-0.39, 0.29) is 29.9 Å². The second kappa shape index (κ2) is 4.62. The van der Waals surface area contributed by atoms with Crippen LogP contribution in [0.4, 0.5) is 5.69 Å². The predicted octanol–water partition coefficient (Wildman–Crippen LogP) is 0.706. The molecule has 0 saturated carbocycles. The standard InChI is InChI=1S/C12H11N3O4/c1-7(5-13)6-14-11(16)8-3-2-4-9(15(18)19)10(8)12(14)17/h2-4H,1,5-6,13H2. The van der Waals surface area contributed by atoms with Gasteiger partial charge in [-0.05, 0) is 11.6 Å². The van der Waals surface area contributed by atoms with E-state index in [2.05, 4.69) is 6.58 Å². The number of fused-ring (bicyclic) bond motifs is 1. The third-order valence-corrected chi connectivity index (χ3v) is 2.84. The Labute approximate surface area is 108 Å². The topological polar surface area (TPSA) is 107 Å². The zero-order chi connectivity index (χ0) is 14.2. The maximum Gasteiger partial charge on any atom is 0.282 e. The van der Waals surface area contributed by atoms with Crippen LogP contribution in [0.3, 0.4) is 0 Å². The molecule has 1 aliphatic rings. The highest BCUT2D eigenvalue weighted by atomic mass is 16.6. The molecule has 1 aromatic carbocycles. The van der Waals surface area contributed by atoms with Gasteiger partial charge >= 0.3 is 0 Å². The molecule has 0 saturated heterocycles. The van der Waals surface area contributed by atoms with E-state index in [0.29, 0.717) is 5.57 Å². The van der Waals surface area contributed by atoms with E-state index >= 15 is 0 Å². The first-order valence-corrected chi connectivity index (χ1v) is 5.47. The van der Waals surface area contributed by atoms with Crippen molar-refractivity contribution in [3.05, 3.63) is 51.6 Å². The molecule has 0 bridgehead atoms. The number of amides is 2. The van der Waals surface area contributed by atoms with E-state index in [1.807, 2.05) is 0 Å². The Balaban J connectivity index is 2.47. The smallest absolute Gasteiger partial charge is 0.282 e. The predicted molar refractivity (Wildman–Crippen MR) is 66.7 cm³/mol. The van der Waals surface area contributed by atoms with Gasteiger partial charge in [0.15, 0.2) is 0 Å². The Kier molecular flexibility index (Phi) is 3.14. The van der Waals surface area contributed by atoms with Gasteiger partial charge in [0.2, 0.25) is 0 Å². The van der Waals surface area contributed by atoms with Crippen LogP contribution in [0.1, 0.15) is 20.7 Å². The Bertz CT molecular complexity index is 609. The van der Waals surface area contributed by atoms with E-state index < -0.39 is 16.7 Å². The molecule has 0 unspecified atom stereocenters. The third-order valence-electron chi connectivity index (χ3n) is 2.84. The SMILES string of the molecule is C=C(CN)CN1C(=O)c2cccc([N+](=O)[O-])c2C1=O. The van der Waals surface area contributed by atoms with Crippen LogP contribution >= 0.6 is 0 Å². The molecular weight excluding hydrogens is 250 g/mol. The molecule has 2 amide bonds. The lowest BCUT2D eigenvalue weighted by Crippen LogP contribution is -2.33. The molecule has 98 valence electrons. The number of rotatable bonds is 4. The maximum atomic E-state index is 12.1. The Morgan fingerprint density at radius 1 is 1.37 bits per heavy atom. The second-order valence-corrected chi connectivity index (χ2v) is 4.11. The molecule has 7 nitrogen and oxygen atoms in total. The van der Waals surface area contributed by atoms with Crippen LogP contribution in [0.5, 0.6) is 0 Å². The van der Waals surface area contributed by atoms with Gasteiger partial charge in [0.25, 0.3) is 17.5 Å². The maximum absolute atomic E-state index is 12.1. The lowest BCUT2D eigenvalue weighted by molar-refractivity contribution is -0.385. The lowest BCUT2D eigenvalue weighted by atomic mass is 10.1. The fourth-order valence-electron chi connectivity index (χ4n) is 1.90. The Hall–Kier alpha value is -2.54. The van der Waals surface area contributed by atoms with Crippen molar-refractivity contribution in [3.63, 3.8) is 0 Å². The molecule has 1 aromatic rings. The molecule has 7 heteroatoms. The third kappa shape index (κ3) is 2.00. The number of carbonyl (C=O) groups is 2. The summed E-state index contributed by atoms with van der Waals surface area (Å²) in [5.74, 6) is -1.24. The summed E-state index contributed by atoms with van der Waals surface area (Å²) in [4.78, 5) is 35.3. The second-order valence-electron chi connectivity index (χ2n) is 4.11. The minimum atomic E-state index is -0.679. The summed E-state index contributed by atoms with van der Waals surface area (Å²) in [6, 6.07) is 3.97. The number of benzene rings is 1. The average molecular weight is 261 g/mol. The van der Waals surface area contributed by atoms with Crippen LogP contribution in [0.2, 0.25) is 0 Å². The van der Waals surface area contributed by atoms with Crippen LogP contribution in [-0.4, -0.2) is 34.7 Å². The van der Waals surface area contributed by atoms with Gasteiger partial charge in [-0.25, -0.2) is 0 Å². The van der Waals surface area contributed by atoms with Crippen molar-refractivity contribution in [2.24, 2.45) is 5.73 Å². The largest absolute Gasteiger partial charge is 0.327 e. The average Bonchev–Trinajstić information content (AvgIpc) is 2.63. The van der Waals surface area contributed by atoms with Crippen LogP contribution < -0.4 is 5.73 Å². The number of nitrogens with zero attached hydrogens (tertiary/aromatic N) is 2. The normalized spacial score (nSPS) is 13.6. The first-order chi connectivity index (χ1) is 8.97. The first kappa shape index (κ1) is 12.9. The number of nitrogens with two attached hydrogens (primary N) is 1. The highest BCUT2D eigenvalue weighted by molar-refractivity contribution is 6.23. The molecule has 0 radical (unpaired) electrons. The highest BCUT2D eigenvalue weighted by Gasteiger charge is 2.40. The molecule has 19 heavy (non-hydrogen) atoms. The van der Waals surface area contributed by atoms with Crippen molar-refractivity contribution in [1.29, 1.82) is 0 Å². The Morgan fingerprint density at radius 2 is 2.05 bits per heavy atom. The number of nitro benzene ring substituents is 1. The van der Waals surface area contributed by atoms with Crippen LogP contribution in [0, 0.1) is 10.1 Å². The summed E-state index contributed by atoms with van der Waals surface area (Å²) >= 11 is 0. The van der Waals surface area contributed by atoms with Crippen molar-refractivity contribution in [3.8, 4) is 0 Å². The van der Waals surface area contributed by atoms with Gasteiger partial charge in [-0.3, -0.25) is 24.6 Å². The molecular formula is C12H11N3O4. The number of imide groups is 1. The van der Waals surface area contributed by atoms with Gasteiger partial charge < -0.3 is 5.73 Å². The van der Waals surface area contributed by atoms with E-state index in [0.717, 1.165) is 4.90 Å². The minimum Gasteiger partial charge on any atom is -0.327 e. The summed E-state index contributed by atoms with van der Waals surface area (Å²) in [6.07, 6.45) is 0. The summed E-state index contributed by atoms with van der Waals surface area (Å²) in [7, 11) is 0. The molecule has 2 N–H and O–H groups in total. The zero-order valence-corrected chi connectivity index (χ0v) is 9.96.